The topological polar surface area (TPSA) is 43.8 Å². The van der Waals surface area contributed by atoms with E-state index < -0.39 is 0 Å². The molecule has 0 amide bonds. The molecule has 3 nitrogen and oxygen atoms in total. The van der Waals surface area contributed by atoms with E-state index in [9.17, 15) is 0 Å². The van der Waals surface area contributed by atoms with E-state index >= 15 is 0 Å². The number of aromatic nitrogens is 2. The van der Waals surface area contributed by atoms with Crippen LogP contribution in [0.1, 0.15) is 17.7 Å². The molecule has 12 heavy (non-hydrogen) atoms. The highest BCUT2D eigenvalue weighted by Crippen LogP contribution is 2.21. The Morgan fingerprint density at radius 3 is 3.00 bits per heavy atom. The van der Waals surface area contributed by atoms with Crippen LogP contribution in [0, 0.1) is 4.64 Å². The molecule has 0 spiro atoms. The lowest BCUT2D eigenvalue weighted by atomic mass is 10.3. The smallest absolute Gasteiger partial charge is 0.201 e. The second kappa shape index (κ2) is 2.55. The Morgan fingerprint density at radius 1 is 1.50 bits per heavy atom. The maximum atomic E-state index is 5.68. The number of nitrogens with zero attached hydrogens (tertiary/aromatic N) is 2. The van der Waals surface area contributed by atoms with Crippen LogP contribution in [0.4, 0.5) is 5.95 Å². The first-order valence-corrected chi connectivity index (χ1v) is 4.45. The van der Waals surface area contributed by atoms with Crippen LogP contribution in [0.25, 0.3) is 0 Å². The molecule has 1 heterocycles. The Bertz CT molecular complexity index is 381. The molecule has 64 valence electrons. The first-order chi connectivity index (χ1) is 5.70. The van der Waals surface area contributed by atoms with Crippen molar-refractivity contribution in [1.29, 1.82) is 0 Å². The number of nitrogens with two attached hydrogens (primary N) is 1. The third-order valence-electron chi connectivity index (χ3n) is 2.34. The minimum absolute atomic E-state index is 0.528. The van der Waals surface area contributed by atoms with Crippen LogP contribution in [0.2, 0.25) is 0 Å². The van der Waals surface area contributed by atoms with Crippen molar-refractivity contribution in [2.24, 2.45) is 7.05 Å². The summed E-state index contributed by atoms with van der Waals surface area (Å²) in [4.78, 5) is 4.29. The van der Waals surface area contributed by atoms with Crippen LogP contribution in [0.5, 0.6) is 0 Å². The van der Waals surface area contributed by atoms with Crippen molar-refractivity contribution in [1.82, 2.24) is 9.55 Å². The molecule has 1 aromatic heterocycles. The number of aryl methyl sites for hydroxylation is 1. The van der Waals surface area contributed by atoms with Gasteiger partial charge in [0.2, 0.25) is 5.95 Å². The molecule has 4 heteroatoms. The summed E-state index contributed by atoms with van der Waals surface area (Å²) in [5, 5.41) is 0. The highest BCUT2D eigenvalue weighted by Gasteiger charge is 2.15. The lowest BCUT2D eigenvalue weighted by molar-refractivity contribution is 0.844. The van der Waals surface area contributed by atoms with Gasteiger partial charge in [0.05, 0.1) is 5.69 Å². The maximum Gasteiger partial charge on any atom is 0.201 e. The van der Waals surface area contributed by atoms with Crippen molar-refractivity contribution in [3.8, 4) is 0 Å². The van der Waals surface area contributed by atoms with Gasteiger partial charge in [-0.05, 0) is 19.3 Å². The fourth-order valence-electron chi connectivity index (χ4n) is 1.60. The molecule has 0 aliphatic heterocycles. The summed E-state index contributed by atoms with van der Waals surface area (Å²) in [6.45, 7) is 0. The van der Waals surface area contributed by atoms with Crippen molar-refractivity contribution < 1.29 is 0 Å². The SMILES string of the molecule is Cn1c(N)nc2c(c1=S)CCC2. The molecule has 1 aliphatic carbocycles. The van der Waals surface area contributed by atoms with E-state index in [0.29, 0.717) is 5.95 Å². The zero-order chi connectivity index (χ0) is 8.72. The van der Waals surface area contributed by atoms with Gasteiger partial charge in [0.1, 0.15) is 4.64 Å². The Kier molecular flexibility index (Phi) is 1.65. The van der Waals surface area contributed by atoms with Crippen molar-refractivity contribution in [3.63, 3.8) is 0 Å². The van der Waals surface area contributed by atoms with Crippen molar-refractivity contribution >= 4 is 18.2 Å². The zero-order valence-electron chi connectivity index (χ0n) is 7.00. The van der Waals surface area contributed by atoms with Gasteiger partial charge in [0.25, 0.3) is 0 Å². The summed E-state index contributed by atoms with van der Waals surface area (Å²) in [7, 11) is 1.86. The molecule has 0 saturated carbocycles. The lowest BCUT2D eigenvalue weighted by Gasteiger charge is -2.06. The molecule has 0 radical (unpaired) electrons. The van der Waals surface area contributed by atoms with Gasteiger partial charge in [-0.15, -0.1) is 0 Å². The minimum atomic E-state index is 0.528. The van der Waals surface area contributed by atoms with Gasteiger partial charge < -0.3 is 10.3 Å². The van der Waals surface area contributed by atoms with Crippen molar-refractivity contribution in [2.45, 2.75) is 19.3 Å². The summed E-state index contributed by atoms with van der Waals surface area (Å²) >= 11 is 5.25. The number of fused-ring (bicyclic) bond motifs is 1. The van der Waals surface area contributed by atoms with Crippen LogP contribution in [-0.2, 0) is 19.9 Å². The average molecular weight is 181 g/mol. The van der Waals surface area contributed by atoms with Gasteiger partial charge in [0.15, 0.2) is 0 Å². The number of nitrogen functional groups attached to an aromatic ring is 1. The van der Waals surface area contributed by atoms with E-state index in [-0.39, 0.29) is 0 Å². The molecular formula is C8H11N3S. The van der Waals surface area contributed by atoms with Gasteiger partial charge >= 0.3 is 0 Å². The quantitative estimate of drug-likeness (QED) is 0.612. The monoisotopic (exact) mass is 181 g/mol. The fourth-order valence-corrected chi connectivity index (χ4v) is 1.91. The van der Waals surface area contributed by atoms with Crippen LogP contribution in [0.15, 0.2) is 0 Å². The molecule has 0 atom stereocenters. The van der Waals surface area contributed by atoms with Crippen LogP contribution in [0.3, 0.4) is 0 Å². The normalized spacial score (nSPS) is 14.8. The summed E-state index contributed by atoms with van der Waals surface area (Å²) in [5.74, 6) is 0.528. The Hall–Kier alpha value is -0.900. The Morgan fingerprint density at radius 2 is 2.25 bits per heavy atom. The maximum absolute atomic E-state index is 5.68. The molecule has 2 rings (SSSR count). The molecule has 1 aromatic rings. The lowest BCUT2D eigenvalue weighted by Crippen LogP contribution is -2.08. The van der Waals surface area contributed by atoms with E-state index in [1.165, 1.54) is 5.56 Å². The fraction of sp³-hybridized carbons (Fsp3) is 0.500. The van der Waals surface area contributed by atoms with Crippen molar-refractivity contribution in [2.75, 3.05) is 5.73 Å². The first kappa shape index (κ1) is 7.73. The van der Waals surface area contributed by atoms with Crippen molar-refractivity contribution in [3.05, 3.63) is 15.9 Å². The largest absolute Gasteiger partial charge is 0.369 e. The second-order valence-corrected chi connectivity index (χ2v) is 3.50. The molecule has 2 N–H and O–H groups in total. The molecular weight excluding hydrogens is 170 g/mol. The number of rotatable bonds is 0. The Balaban J connectivity index is 2.76. The molecule has 0 aromatic carbocycles. The Labute approximate surface area is 76.2 Å². The standard InChI is InChI=1S/C8H11N3S/c1-11-7(12)5-3-2-4-6(5)10-8(11)9/h2-4H2,1H3,(H2,9,10). The van der Waals surface area contributed by atoms with Gasteiger partial charge in [-0.25, -0.2) is 4.98 Å². The molecule has 0 saturated heterocycles. The summed E-state index contributed by atoms with van der Waals surface area (Å²) in [6, 6.07) is 0. The molecule has 0 bridgehead atoms. The van der Waals surface area contributed by atoms with Gasteiger partial charge in [0, 0.05) is 12.6 Å². The van der Waals surface area contributed by atoms with E-state index in [2.05, 4.69) is 4.98 Å². The second-order valence-electron chi connectivity index (χ2n) is 3.11. The van der Waals surface area contributed by atoms with Crippen LogP contribution < -0.4 is 5.73 Å². The average Bonchev–Trinajstić information content (AvgIpc) is 2.48. The van der Waals surface area contributed by atoms with Crippen LogP contribution >= 0.6 is 12.2 Å². The van der Waals surface area contributed by atoms with Gasteiger partial charge in [-0.2, -0.15) is 0 Å². The van der Waals surface area contributed by atoms with Crippen LogP contribution in [-0.4, -0.2) is 9.55 Å². The zero-order valence-corrected chi connectivity index (χ0v) is 7.82. The molecule has 0 unspecified atom stereocenters. The molecule has 1 aliphatic rings. The predicted octanol–water partition coefficient (Wildman–Crippen LogP) is 1.22. The first-order valence-electron chi connectivity index (χ1n) is 4.04. The summed E-state index contributed by atoms with van der Waals surface area (Å²) in [6.07, 6.45) is 3.26. The summed E-state index contributed by atoms with van der Waals surface area (Å²) < 4.78 is 2.63. The summed E-state index contributed by atoms with van der Waals surface area (Å²) in [5.41, 5.74) is 8.01. The third kappa shape index (κ3) is 0.948. The van der Waals surface area contributed by atoms with E-state index in [4.69, 9.17) is 18.0 Å². The number of anilines is 1. The highest BCUT2D eigenvalue weighted by molar-refractivity contribution is 7.71. The van der Waals surface area contributed by atoms with E-state index in [1.807, 2.05) is 7.05 Å². The van der Waals surface area contributed by atoms with Gasteiger partial charge in [-0.3, -0.25) is 0 Å². The predicted molar refractivity (Wildman–Crippen MR) is 50.5 cm³/mol. The van der Waals surface area contributed by atoms with Gasteiger partial charge in [-0.1, -0.05) is 12.2 Å². The molecule has 0 fully saturated rings. The minimum Gasteiger partial charge on any atom is -0.369 e. The third-order valence-corrected chi connectivity index (χ3v) is 2.86. The highest BCUT2D eigenvalue weighted by atomic mass is 32.1. The van der Waals surface area contributed by atoms with E-state index in [0.717, 1.165) is 29.6 Å². The number of hydrogen-bond donors (Lipinski definition) is 1. The van der Waals surface area contributed by atoms with E-state index in [1.54, 1.807) is 4.57 Å². The number of hydrogen-bond acceptors (Lipinski definition) is 3.